The highest BCUT2D eigenvalue weighted by Crippen LogP contribution is 2.45. The number of para-hydroxylation sites is 2. The molecule has 7 aromatic heterocycles. The van der Waals surface area contributed by atoms with Crippen LogP contribution < -0.4 is 0 Å². The zero-order chi connectivity index (χ0) is 86.9. The zero-order valence-electron chi connectivity index (χ0n) is 70.9. The summed E-state index contributed by atoms with van der Waals surface area (Å²) in [6, 6.07) is 147. The lowest BCUT2D eigenvalue weighted by atomic mass is 9.91. The Labute approximate surface area is 754 Å². The monoisotopic (exact) mass is 1680 g/mol. The molecule has 0 aliphatic carbocycles. The molecule has 10 heteroatoms. The molecule has 7 heterocycles. The largest absolute Gasteiger partial charge is 0.455 e. The average molecular weight is 1690 g/mol. The first-order valence-corrected chi connectivity index (χ1v) is 44.4. The van der Waals surface area contributed by atoms with Crippen LogP contribution in [0, 0.1) is 0 Å². The molecule has 21 aromatic carbocycles. The highest BCUT2D eigenvalue weighted by molar-refractivity contribution is 6.26. The molecule has 132 heavy (non-hydrogen) atoms. The third kappa shape index (κ3) is 12.9. The molecule has 0 radical (unpaired) electrons. The molecule has 0 saturated heterocycles. The summed E-state index contributed by atoms with van der Waals surface area (Å²) in [5.41, 5.74) is 27.4. The van der Waals surface area contributed by atoms with Crippen LogP contribution in [-0.4, -0.2) is 29.9 Å². The molecule has 0 aliphatic heterocycles. The summed E-state index contributed by atoms with van der Waals surface area (Å²) in [5, 5.41) is 24.9. The number of hydrogen-bond donors (Lipinski definition) is 0. The van der Waals surface area contributed by atoms with Gasteiger partial charge >= 0.3 is 0 Å². The van der Waals surface area contributed by atoms with Gasteiger partial charge in [-0.15, -0.1) is 0 Å². The Balaban J connectivity index is 0.000000104. The third-order valence-corrected chi connectivity index (χ3v) is 26.2. The first-order valence-electron chi connectivity index (χ1n) is 44.4. The Morgan fingerprint density at radius 1 is 0.159 bits per heavy atom. The maximum absolute atomic E-state index is 6.27. The summed E-state index contributed by atoms with van der Waals surface area (Å²) in [5.74, 6) is 0. The number of benzene rings is 21. The second-order valence-corrected chi connectivity index (χ2v) is 33.8. The van der Waals surface area contributed by atoms with Crippen molar-refractivity contribution < 1.29 is 17.7 Å². The molecule has 0 unspecified atom stereocenters. The van der Waals surface area contributed by atoms with Gasteiger partial charge in [0.2, 0.25) is 17.1 Å². The molecule has 0 fully saturated rings. The summed E-state index contributed by atoms with van der Waals surface area (Å²) < 4.78 is 24.8. The molecule has 0 atom stereocenters. The van der Waals surface area contributed by atoms with Crippen molar-refractivity contribution >= 4 is 175 Å². The summed E-state index contributed by atoms with van der Waals surface area (Å²) in [6.45, 7) is 0. The minimum atomic E-state index is 0.549. The number of rotatable bonds is 9. The van der Waals surface area contributed by atoms with E-state index in [0.29, 0.717) is 17.1 Å². The summed E-state index contributed by atoms with van der Waals surface area (Å²) in [4.78, 5) is 29.3. The second-order valence-electron chi connectivity index (χ2n) is 33.8. The Kier molecular flexibility index (Phi) is 17.7. The van der Waals surface area contributed by atoms with Crippen molar-refractivity contribution in [3.05, 3.63) is 437 Å². The molecule has 10 nitrogen and oxygen atoms in total. The highest BCUT2D eigenvalue weighted by atomic mass is 16.4. The fraction of sp³-hybridized carbons (Fsp3) is 0. The molecule has 28 rings (SSSR count). The van der Waals surface area contributed by atoms with Crippen molar-refractivity contribution in [2.75, 3.05) is 0 Å². The maximum Gasteiger partial charge on any atom is 0.246 e. The topological polar surface area (TPSA) is 130 Å². The van der Waals surface area contributed by atoms with E-state index in [4.69, 9.17) is 47.6 Å². The molecular formula is C122H72N6O4. The van der Waals surface area contributed by atoms with Crippen LogP contribution in [0.1, 0.15) is 0 Å². The molecule has 0 bridgehead atoms. The predicted molar refractivity (Wildman–Crippen MR) is 544 cm³/mol. The van der Waals surface area contributed by atoms with Gasteiger partial charge in [-0.3, -0.25) is 0 Å². The van der Waals surface area contributed by atoms with Crippen molar-refractivity contribution in [2.45, 2.75) is 0 Å². The molecule has 28 aromatic rings. The van der Waals surface area contributed by atoms with Crippen molar-refractivity contribution in [3.63, 3.8) is 0 Å². The van der Waals surface area contributed by atoms with E-state index in [9.17, 15) is 0 Å². The van der Waals surface area contributed by atoms with Crippen molar-refractivity contribution in [1.29, 1.82) is 0 Å². The van der Waals surface area contributed by atoms with Crippen LogP contribution >= 0.6 is 0 Å². The minimum absolute atomic E-state index is 0.549. The fourth-order valence-corrected chi connectivity index (χ4v) is 19.8. The normalized spacial score (nSPS) is 11.8. The molecule has 0 saturated carbocycles. The van der Waals surface area contributed by atoms with Gasteiger partial charge in [0.05, 0.1) is 51.8 Å². The van der Waals surface area contributed by atoms with Gasteiger partial charge in [0.15, 0.2) is 0 Å². The van der Waals surface area contributed by atoms with Crippen LogP contribution in [0.4, 0.5) is 0 Å². The summed E-state index contributed by atoms with van der Waals surface area (Å²) in [6.07, 6.45) is 5.56. The molecule has 0 amide bonds. The second kappa shape index (κ2) is 31.0. The van der Waals surface area contributed by atoms with E-state index in [1.54, 1.807) is 0 Å². The summed E-state index contributed by atoms with van der Waals surface area (Å²) >= 11 is 0. The zero-order valence-corrected chi connectivity index (χ0v) is 70.9. The standard InChI is InChI=1S/C44H26N2O.C40H24N2O.C38H22N2O2/c1-2-14-33-27(9-1)20-22-41-42(33)43-44(47-41)46-40(26-45-43)32-13-8-12-30(24-32)28-10-7-11-29(23-28)31-19-21-38-36-17-4-3-15-34(36)35-16-5-6-18-37(35)39(38)25-31;1-4-16-32-25(9-1)19-20-37-38(32)39-40(43-37)42-36(24-41-39)30-14-8-12-27(22-30)26-11-7-13-28(21-26)35-23-29-10-2-3-15-31(29)33-17-5-6-18-34(33)35;1-2-10-28-24(7-1)19-20-34-35(28)36-38(42-34)40-32(22-39-36)27-9-5-8-26(21-27)23-15-17-25(18-16-23)29-12-6-13-31-30-11-3-4-14-33(30)41-37(29)31/h1-26H;1-24H;1-22H. The Morgan fingerprint density at radius 2 is 0.477 bits per heavy atom. The predicted octanol–water partition coefficient (Wildman–Crippen LogP) is 33.3. The van der Waals surface area contributed by atoms with Gasteiger partial charge in [-0.25, -0.2) is 29.9 Å². The van der Waals surface area contributed by atoms with E-state index in [2.05, 4.69) is 352 Å². The van der Waals surface area contributed by atoms with Crippen LogP contribution in [0.25, 0.3) is 275 Å². The van der Waals surface area contributed by atoms with E-state index in [-0.39, 0.29) is 0 Å². The first kappa shape index (κ1) is 75.5. The Hall–Kier alpha value is -17.9. The molecular weight excluding hydrogens is 1610 g/mol. The number of furan rings is 4. The number of aromatic nitrogens is 6. The molecule has 0 spiro atoms. The average Bonchev–Trinajstić information content (AvgIpc) is 1.68. The molecule has 614 valence electrons. The van der Waals surface area contributed by atoms with Crippen LogP contribution in [0.3, 0.4) is 0 Å². The van der Waals surface area contributed by atoms with Gasteiger partial charge in [0, 0.05) is 33.0 Å². The van der Waals surface area contributed by atoms with Gasteiger partial charge in [0.25, 0.3) is 0 Å². The number of fused-ring (bicyclic) bond motifs is 27. The van der Waals surface area contributed by atoms with E-state index in [0.717, 1.165) is 182 Å². The SMILES string of the molecule is c1cc(-c2ccc(-c3cccc4c3oc3ccccc34)cc2)cc(-c2cnc3c(n2)oc2ccc4ccccc4c23)c1.c1cc(-c2cccc(-c3cc4ccccc4c4ccccc34)c2)cc(-c2cnc3c(n2)oc2ccc4ccccc4c23)c1.c1cc(-c2cccc(-c3cnc4c(n3)oc3ccc5ccccc5c34)c2)cc(-c2ccc3c4ccccc4c4ccccc4c3c2)c1. The summed E-state index contributed by atoms with van der Waals surface area (Å²) in [7, 11) is 0. The quantitative estimate of drug-likeness (QED) is 0.129. The minimum Gasteiger partial charge on any atom is -0.455 e. The number of nitrogens with zero attached hydrogens (tertiary/aromatic N) is 6. The van der Waals surface area contributed by atoms with Crippen LogP contribution in [0.5, 0.6) is 0 Å². The van der Waals surface area contributed by atoms with E-state index in [1.807, 2.05) is 85.3 Å². The van der Waals surface area contributed by atoms with Crippen LogP contribution in [0.15, 0.2) is 455 Å². The van der Waals surface area contributed by atoms with Crippen molar-refractivity contribution in [1.82, 2.24) is 29.9 Å². The van der Waals surface area contributed by atoms with Gasteiger partial charge in [-0.2, -0.15) is 0 Å². The maximum atomic E-state index is 6.27. The van der Waals surface area contributed by atoms with Gasteiger partial charge < -0.3 is 17.7 Å². The highest BCUT2D eigenvalue weighted by Gasteiger charge is 2.22. The fourth-order valence-electron chi connectivity index (χ4n) is 19.8. The van der Waals surface area contributed by atoms with E-state index >= 15 is 0 Å². The van der Waals surface area contributed by atoms with Gasteiger partial charge in [0.1, 0.15) is 44.5 Å². The van der Waals surface area contributed by atoms with E-state index < -0.39 is 0 Å². The number of hydrogen-bond acceptors (Lipinski definition) is 10. The lowest BCUT2D eigenvalue weighted by Crippen LogP contribution is -1.88. The molecule has 0 N–H and O–H groups in total. The van der Waals surface area contributed by atoms with E-state index in [1.165, 1.54) is 76.1 Å². The third-order valence-electron chi connectivity index (χ3n) is 26.2. The van der Waals surface area contributed by atoms with Gasteiger partial charge in [-0.05, 0) is 214 Å². The smallest absolute Gasteiger partial charge is 0.246 e. The van der Waals surface area contributed by atoms with Crippen molar-refractivity contribution in [3.8, 4) is 101 Å². The lowest BCUT2D eigenvalue weighted by molar-refractivity contribution is 0.653. The Morgan fingerprint density at radius 3 is 0.947 bits per heavy atom. The van der Waals surface area contributed by atoms with Crippen LogP contribution in [-0.2, 0) is 0 Å². The Bertz CT molecular complexity index is 9560. The lowest BCUT2D eigenvalue weighted by Gasteiger charge is -2.13. The van der Waals surface area contributed by atoms with Crippen LogP contribution in [0.2, 0.25) is 0 Å². The first-order chi connectivity index (χ1) is 65.4. The van der Waals surface area contributed by atoms with Gasteiger partial charge in [-0.1, -0.05) is 352 Å². The molecule has 0 aliphatic rings. The van der Waals surface area contributed by atoms with Crippen molar-refractivity contribution in [2.24, 2.45) is 0 Å².